The van der Waals surface area contributed by atoms with Crippen LogP contribution < -0.4 is 0 Å². The molecule has 0 aliphatic carbocycles. The smallest absolute Gasteiger partial charge is 0.168 e. The van der Waals surface area contributed by atoms with E-state index in [0.29, 0.717) is 6.10 Å². The van der Waals surface area contributed by atoms with Gasteiger partial charge in [0.15, 0.2) is 5.16 Å². The molecule has 1 fully saturated rings. The number of hydrogen-bond donors (Lipinski definition) is 0. The molecule has 0 N–H and O–H groups in total. The Morgan fingerprint density at radius 1 is 1.19 bits per heavy atom. The lowest BCUT2D eigenvalue weighted by Crippen LogP contribution is -2.16. The lowest BCUT2D eigenvalue weighted by molar-refractivity contribution is 0.0945. The molecule has 1 atom stereocenters. The molecule has 0 amide bonds. The van der Waals surface area contributed by atoms with E-state index in [0.717, 1.165) is 46.9 Å². The molecule has 1 aliphatic rings. The predicted octanol–water partition coefficient (Wildman–Crippen LogP) is 5.40. The third kappa shape index (κ3) is 4.28. The molecule has 1 aliphatic heterocycles. The second kappa shape index (κ2) is 8.17. The summed E-state index contributed by atoms with van der Waals surface area (Å²) in [5, 5.41) is 4.32. The third-order valence-corrected chi connectivity index (χ3v) is 6.98. The lowest BCUT2D eigenvalue weighted by atomic mass is 10.2. The van der Waals surface area contributed by atoms with Crippen LogP contribution in [0.1, 0.15) is 35.5 Å². The van der Waals surface area contributed by atoms with Crippen molar-refractivity contribution in [3.8, 4) is 10.6 Å². The van der Waals surface area contributed by atoms with Crippen LogP contribution in [0.15, 0.2) is 34.8 Å². The van der Waals surface area contributed by atoms with E-state index in [9.17, 15) is 0 Å². The molecule has 1 aromatic carbocycles. The summed E-state index contributed by atoms with van der Waals surface area (Å²) in [6, 6.07) is 8.56. The Kier molecular flexibility index (Phi) is 5.66. The normalized spacial score (nSPS) is 16.9. The monoisotopic (exact) mass is 399 g/mol. The number of rotatable bonds is 6. The predicted molar refractivity (Wildman–Crippen MR) is 113 cm³/mol. The molecule has 2 aromatic heterocycles. The summed E-state index contributed by atoms with van der Waals surface area (Å²) in [5.74, 6) is 0.837. The van der Waals surface area contributed by atoms with Crippen molar-refractivity contribution in [3.05, 3.63) is 52.3 Å². The van der Waals surface area contributed by atoms with Gasteiger partial charge < -0.3 is 9.30 Å². The molecule has 27 heavy (non-hydrogen) atoms. The van der Waals surface area contributed by atoms with Crippen LogP contribution in [0.3, 0.4) is 0 Å². The summed E-state index contributed by atoms with van der Waals surface area (Å²) in [5.41, 5.74) is 5.92. The molecule has 0 bridgehead atoms. The summed E-state index contributed by atoms with van der Waals surface area (Å²) in [7, 11) is 0. The third-order valence-electron chi connectivity index (χ3n) is 5.03. The minimum atomic E-state index is 0.323. The molecule has 0 spiro atoms. The van der Waals surface area contributed by atoms with Crippen molar-refractivity contribution in [2.24, 2.45) is 0 Å². The van der Waals surface area contributed by atoms with Crippen LogP contribution in [0.25, 0.3) is 10.6 Å². The van der Waals surface area contributed by atoms with Gasteiger partial charge in [0.1, 0.15) is 5.01 Å². The van der Waals surface area contributed by atoms with Crippen LogP contribution in [-0.4, -0.2) is 27.2 Å². The molecule has 0 radical (unpaired) electrons. The lowest BCUT2D eigenvalue weighted by Gasteiger charge is -2.14. The van der Waals surface area contributed by atoms with Gasteiger partial charge in [0.05, 0.1) is 24.0 Å². The van der Waals surface area contributed by atoms with Crippen LogP contribution in [0, 0.1) is 20.8 Å². The minimum absolute atomic E-state index is 0.323. The number of aromatic nitrogens is 3. The number of imidazole rings is 1. The van der Waals surface area contributed by atoms with Gasteiger partial charge in [0, 0.05) is 29.0 Å². The fourth-order valence-electron chi connectivity index (χ4n) is 3.28. The Labute approximate surface area is 169 Å². The van der Waals surface area contributed by atoms with Crippen molar-refractivity contribution in [1.82, 2.24) is 14.5 Å². The highest BCUT2D eigenvalue weighted by Gasteiger charge is 2.20. The van der Waals surface area contributed by atoms with Gasteiger partial charge in [-0.25, -0.2) is 9.97 Å². The standard InChI is InChI=1S/C21H25N3OS2/c1-14-6-8-17(9-7-14)20-23-18(12-26-20)13-27-21-22-15(2)16(3)24(21)11-19-5-4-10-25-19/h6-9,12,19H,4-5,10-11,13H2,1-3H3. The van der Waals surface area contributed by atoms with E-state index in [4.69, 9.17) is 14.7 Å². The number of thioether (sulfide) groups is 1. The molecule has 4 nitrogen and oxygen atoms in total. The zero-order chi connectivity index (χ0) is 18.8. The maximum Gasteiger partial charge on any atom is 0.168 e. The van der Waals surface area contributed by atoms with Gasteiger partial charge in [-0.1, -0.05) is 41.6 Å². The number of ether oxygens (including phenoxy) is 1. The zero-order valence-electron chi connectivity index (χ0n) is 16.1. The Balaban J connectivity index is 1.46. The van der Waals surface area contributed by atoms with E-state index in [1.54, 1.807) is 23.1 Å². The summed E-state index contributed by atoms with van der Waals surface area (Å²) in [6.07, 6.45) is 2.64. The Hall–Kier alpha value is -1.63. The molecule has 3 heterocycles. The SMILES string of the molecule is Cc1ccc(-c2nc(CSc3nc(C)c(C)n3CC3CCCO3)cs2)cc1. The fourth-order valence-corrected chi connectivity index (χ4v) is 5.21. The Morgan fingerprint density at radius 2 is 2.00 bits per heavy atom. The first-order valence-corrected chi connectivity index (χ1v) is 11.3. The highest BCUT2D eigenvalue weighted by molar-refractivity contribution is 7.98. The van der Waals surface area contributed by atoms with Crippen LogP contribution in [0.4, 0.5) is 0 Å². The molecule has 3 aromatic rings. The van der Waals surface area contributed by atoms with Gasteiger partial charge in [-0.15, -0.1) is 11.3 Å². The molecule has 142 valence electrons. The number of benzene rings is 1. The fraction of sp³-hybridized carbons (Fsp3) is 0.429. The van der Waals surface area contributed by atoms with E-state index in [2.05, 4.69) is 55.0 Å². The van der Waals surface area contributed by atoms with E-state index in [1.807, 2.05) is 0 Å². The minimum Gasteiger partial charge on any atom is -0.376 e. The average Bonchev–Trinajstić information content (AvgIpc) is 3.39. The zero-order valence-corrected chi connectivity index (χ0v) is 17.7. The van der Waals surface area contributed by atoms with Gasteiger partial charge in [0.25, 0.3) is 0 Å². The van der Waals surface area contributed by atoms with Crippen molar-refractivity contribution in [1.29, 1.82) is 0 Å². The van der Waals surface area contributed by atoms with Crippen molar-refractivity contribution in [2.45, 2.75) is 57.2 Å². The van der Waals surface area contributed by atoms with Gasteiger partial charge in [-0.05, 0) is 33.6 Å². The highest BCUT2D eigenvalue weighted by atomic mass is 32.2. The number of hydrogen-bond acceptors (Lipinski definition) is 5. The number of nitrogens with zero attached hydrogens (tertiary/aromatic N) is 3. The number of aryl methyl sites for hydroxylation is 2. The van der Waals surface area contributed by atoms with Crippen LogP contribution in [0.5, 0.6) is 0 Å². The first-order chi connectivity index (χ1) is 13.1. The first kappa shape index (κ1) is 18.7. The van der Waals surface area contributed by atoms with Crippen molar-refractivity contribution in [2.75, 3.05) is 6.61 Å². The molecule has 6 heteroatoms. The maximum absolute atomic E-state index is 5.83. The maximum atomic E-state index is 5.83. The number of thiazole rings is 1. The Bertz CT molecular complexity index is 908. The van der Waals surface area contributed by atoms with E-state index < -0.39 is 0 Å². The quantitative estimate of drug-likeness (QED) is 0.520. The van der Waals surface area contributed by atoms with Crippen LogP contribution in [0.2, 0.25) is 0 Å². The van der Waals surface area contributed by atoms with Crippen LogP contribution in [-0.2, 0) is 17.0 Å². The highest BCUT2D eigenvalue weighted by Crippen LogP contribution is 2.29. The van der Waals surface area contributed by atoms with Crippen molar-refractivity contribution in [3.63, 3.8) is 0 Å². The van der Waals surface area contributed by atoms with Gasteiger partial charge in [-0.2, -0.15) is 0 Å². The molecule has 4 rings (SSSR count). The average molecular weight is 400 g/mol. The summed E-state index contributed by atoms with van der Waals surface area (Å²) >= 11 is 3.48. The van der Waals surface area contributed by atoms with Crippen molar-refractivity contribution < 1.29 is 4.74 Å². The van der Waals surface area contributed by atoms with E-state index >= 15 is 0 Å². The Morgan fingerprint density at radius 3 is 2.74 bits per heavy atom. The second-order valence-electron chi connectivity index (χ2n) is 7.11. The molecular weight excluding hydrogens is 374 g/mol. The summed E-state index contributed by atoms with van der Waals surface area (Å²) in [6.45, 7) is 8.14. The summed E-state index contributed by atoms with van der Waals surface area (Å²) < 4.78 is 8.15. The van der Waals surface area contributed by atoms with E-state index in [1.165, 1.54) is 23.2 Å². The van der Waals surface area contributed by atoms with Gasteiger partial charge >= 0.3 is 0 Å². The first-order valence-electron chi connectivity index (χ1n) is 9.39. The topological polar surface area (TPSA) is 39.9 Å². The molecule has 1 unspecified atom stereocenters. The molecule has 1 saturated heterocycles. The van der Waals surface area contributed by atoms with Crippen molar-refractivity contribution >= 4 is 23.1 Å². The van der Waals surface area contributed by atoms with Gasteiger partial charge in [0.2, 0.25) is 0 Å². The summed E-state index contributed by atoms with van der Waals surface area (Å²) in [4.78, 5) is 9.61. The van der Waals surface area contributed by atoms with Gasteiger partial charge in [-0.3, -0.25) is 0 Å². The largest absolute Gasteiger partial charge is 0.376 e. The molecular formula is C21H25N3OS2. The molecule has 0 saturated carbocycles. The second-order valence-corrected chi connectivity index (χ2v) is 8.91. The van der Waals surface area contributed by atoms with E-state index in [-0.39, 0.29) is 0 Å². The van der Waals surface area contributed by atoms with Crippen LogP contribution >= 0.6 is 23.1 Å².